The maximum absolute atomic E-state index is 13.8. The molecule has 9 nitrogen and oxygen atoms in total. The van der Waals surface area contributed by atoms with Crippen molar-refractivity contribution in [3.05, 3.63) is 53.6 Å². The number of carbonyl (C=O) groups excluding carboxylic acids is 2. The summed E-state index contributed by atoms with van der Waals surface area (Å²) in [6, 6.07) is 11.4. The van der Waals surface area contributed by atoms with Crippen molar-refractivity contribution in [2.45, 2.75) is 52.7 Å². The molecular formula is C26H37N3O6S. The summed E-state index contributed by atoms with van der Waals surface area (Å²) in [4.78, 5) is 28.3. The molecule has 0 bridgehead atoms. The molecule has 10 heteroatoms. The molecule has 0 aliphatic rings. The topological polar surface area (TPSA) is 105 Å². The first-order chi connectivity index (χ1) is 16.9. The second kappa shape index (κ2) is 12.6. The number of nitrogens with one attached hydrogen (secondary N) is 1. The maximum Gasteiger partial charge on any atom is 0.244 e. The van der Waals surface area contributed by atoms with Crippen LogP contribution in [0, 0.1) is 6.92 Å². The van der Waals surface area contributed by atoms with Crippen molar-refractivity contribution in [3.63, 3.8) is 0 Å². The lowest BCUT2D eigenvalue weighted by Gasteiger charge is -2.33. The predicted molar refractivity (Wildman–Crippen MR) is 141 cm³/mol. The smallest absolute Gasteiger partial charge is 0.244 e. The molecule has 2 aromatic rings. The Morgan fingerprint density at radius 1 is 1.06 bits per heavy atom. The van der Waals surface area contributed by atoms with Gasteiger partial charge in [-0.3, -0.25) is 13.9 Å². The van der Waals surface area contributed by atoms with Gasteiger partial charge >= 0.3 is 0 Å². The summed E-state index contributed by atoms with van der Waals surface area (Å²) in [7, 11) is -0.987. The van der Waals surface area contributed by atoms with E-state index in [0.717, 1.165) is 21.7 Å². The first-order valence-corrected chi connectivity index (χ1v) is 13.6. The molecule has 0 saturated heterocycles. The molecule has 1 atom stereocenters. The maximum atomic E-state index is 13.8. The fourth-order valence-electron chi connectivity index (χ4n) is 3.86. The first-order valence-electron chi connectivity index (χ1n) is 11.8. The van der Waals surface area contributed by atoms with Gasteiger partial charge in [0, 0.05) is 18.7 Å². The van der Waals surface area contributed by atoms with Crippen molar-refractivity contribution < 1.29 is 27.5 Å². The van der Waals surface area contributed by atoms with Crippen LogP contribution in [0.1, 0.15) is 38.3 Å². The van der Waals surface area contributed by atoms with E-state index in [2.05, 4.69) is 5.32 Å². The van der Waals surface area contributed by atoms with Crippen LogP contribution in [0.4, 0.5) is 5.69 Å². The number of ether oxygens (including phenoxy) is 2. The predicted octanol–water partition coefficient (Wildman–Crippen LogP) is 3.11. The van der Waals surface area contributed by atoms with E-state index in [-0.39, 0.29) is 29.9 Å². The zero-order valence-electron chi connectivity index (χ0n) is 22.1. The fraction of sp³-hybridized carbons (Fsp3) is 0.462. The highest BCUT2D eigenvalue weighted by Gasteiger charge is 2.33. The number of nitrogens with zero attached hydrogens (tertiary/aromatic N) is 2. The van der Waals surface area contributed by atoms with Crippen LogP contribution in [0.3, 0.4) is 0 Å². The van der Waals surface area contributed by atoms with E-state index in [0.29, 0.717) is 12.2 Å². The third-order valence-corrected chi connectivity index (χ3v) is 6.88. The largest absolute Gasteiger partial charge is 0.497 e. The summed E-state index contributed by atoms with van der Waals surface area (Å²) >= 11 is 0. The molecule has 2 amide bonds. The molecule has 2 aromatic carbocycles. The zero-order chi connectivity index (χ0) is 27.0. The molecule has 0 aromatic heterocycles. The van der Waals surface area contributed by atoms with E-state index in [1.54, 1.807) is 12.1 Å². The number of anilines is 1. The fourth-order valence-corrected chi connectivity index (χ4v) is 4.71. The van der Waals surface area contributed by atoms with Gasteiger partial charge in [-0.1, -0.05) is 31.2 Å². The van der Waals surface area contributed by atoms with E-state index in [1.807, 2.05) is 52.0 Å². The Bertz CT molecular complexity index is 1170. The SMILES string of the molecule is CC[C@H](C(=O)NC(C)C)N(Cc1ccccc1C)C(=O)CN(c1ccc(OC)cc1OC)S(C)(=O)=O. The molecule has 0 spiro atoms. The van der Waals surface area contributed by atoms with Gasteiger partial charge in [0.2, 0.25) is 21.8 Å². The van der Waals surface area contributed by atoms with Crippen molar-refractivity contribution >= 4 is 27.5 Å². The second-order valence-electron chi connectivity index (χ2n) is 8.84. The van der Waals surface area contributed by atoms with Gasteiger partial charge in [0.25, 0.3) is 0 Å². The highest BCUT2D eigenvalue weighted by Crippen LogP contribution is 2.33. The van der Waals surface area contributed by atoms with Crippen LogP contribution in [0.2, 0.25) is 0 Å². The normalized spacial score (nSPS) is 12.1. The standard InChI is InChI=1S/C26H37N3O6S/c1-8-22(26(31)27-18(2)3)28(16-20-12-10-9-11-19(20)4)25(30)17-29(36(7,32)33)23-14-13-21(34-5)15-24(23)35-6/h9-15,18,22H,8,16-17H2,1-7H3,(H,27,31)/t22-/m1/s1. The van der Waals surface area contributed by atoms with Crippen molar-refractivity contribution in [1.29, 1.82) is 0 Å². The van der Waals surface area contributed by atoms with Crippen LogP contribution in [0.5, 0.6) is 11.5 Å². The molecule has 0 aliphatic heterocycles. The van der Waals surface area contributed by atoms with Gasteiger partial charge in [-0.2, -0.15) is 0 Å². The third-order valence-electron chi connectivity index (χ3n) is 5.75. The molecule has 0 aliphatic carbocycles. The number of benzene rings is 2. The Hall–Kier alpha value is -3.27. The average Bonchev–Trinajstić information content (AvgIpc) is 2.81. The van der Waals surface area contributed by atoms with Crippen molar-refractivity contribution in [2.75, 3.05) is 31.3 Å². The van der Waals surface area contributed by atoms with Gasteiger partial charge in [0.05, 0.1) is 26.2 Å². The lowest BCUT2D eigenvalue weighted by molar-refractivity contribution is -0.140. The van der Waals surface area contributed by atoms with Gasteiger partial charge in [0.15, 0.2) is 0 Å². The van der Waals surface area contributed by atoms with E-state index < -0.39 is 28.5 Å². The lowest BCUT2D eigenvalue weighted by Crippen LogP contribution is -2.53. The monoisotopic (exact) mass is 519 g/mol. The molecule has 0 heterocycles. The number of rotatable bonds is 12. The van der Waals surface area contributed by atoms with E-state index in [1.165, 1.54) is 25.2 Å². The third kappa shape index (κ3) is 7.36. The van der Waals surface area contributed by atoms with Crippen LogP contribution < -0.4 is 19.1 Å². The Morgan fingerprint density at radius 2 is 1.72 bits per heavy atom. The van der Waals surface area contributed by atoms with Gasteiger partial charge < -0.3 is 19.7 Å². The van der Waals surface area contributed by atoms with E-state index in [4.69, 9.17) is 9.47 Å². The number of carbonyl (C=O) groups is 2. The summed E-state index contributed by atoms with van der Waals surface area (Å²) in [5, 5.41) is 2.88. The summed E-state index contributed by atoms with van der Waals surface area (Å²) in [5.41, 5.74) is 2.03. The van der Waals surface area contributed by atoms with Crippen molar-refractivity contribution in [1.82, 2.24) is 10.2 Å². The number of methoxy groups -OCH3 is 2. The average molecular weight is 520 g/mol. The lowest BCUT2D eigenvalue weighted by atomic mass is 10.1. The number of aryl methyl sites for hydroxylation is 1. The molecule has 36 heavy (non-hydrogen) atoms. The molecular weight excluding hydrogens is 482 g/mol. The van der Waals surface area contributed by atoms with E-state index in [9.17, 15) is 18.0 Å². The Labute approximate surface area is 214 Å². The highest BCUT2D eigenvalue weighted by molar-refractivity contribution is 7.92. The molecule has 1 N–H and O–H groups in total. The molecule has 198 valence electrons. The minimum absolute atomic E-state index is 0.113. The molecule has 0 radical (unpaired) electrons. The quantitative estimate of drug-likeness (QED) is 0.462. The number of sulfonamides is 1. The number of amides is 2. The highest BCUT2D eigenvalue weighted by atomic mass is 32.2. The summed E-state index contributed by atoms with van der Waals surface area (Å²) in [6.07, 6.45) is 1.39. The minimum atomic E-state index is -3.89. The zero-order valence-corrected chi connectivity index (χ0v) is 22.9. The summed E-state index contributed by atoms with van der Waals surface area (Å²) in [6.45, 7) is 7.10. The van der Waals surface area contributed by atoms with Crippen molar-refractivity contribution in [2.24, 2.45) is 0 Å². The molecule has 0 saturated carbocycles. The van der Waals surface area contributed by atoms with Gasteiger partial charge in [-0.15, -0.1) is 0 Å². The van der Waals surface area contributed by atoms with E-state index >= 15 is 0 Å². The number of hydrogen-bond donors (Lipinski definition) is 1. The van der Waals surface area contributed by atoms with Crippen LogP contribution in [-0.4, -0.2) is 64.2 Å². The van der Waals surface area contributed by atoms with Gasteiger partial charge in [-0.25, -0.2) is 8.42 Å². The first kappa shape index (κ1) is 29.0. The minimum Gasteiger partial charge on any atom is -0.497 e. The van der Waals surface area contributed by atoms with Crippen LogP contribution in [-0.2, 0) is 26.2 Å². The molecule has 2 rings (SSSR count). The van der Waals surface area contributed by atoms with Crippen molar-refractivity contribution in [3.8, 4) is 11.5 Å². The Morgan fingerprint density at radius 3 is 2.25 bits per heavy atom. The van der Waals surface area contributed by atoms with Crippen LogP contribution in [0.25, 0.3) is 0 Å². The number of hydrogen-bond acceptors (Lipinski definition) is 6. The van der Waals surface area contributed by atoms with Crippen LogP contribution >= 0.6 is 0 Å². The second-order valence-corrected chi connectivity index (χ2v) is 10.7. The molecule has 0 fully saturated rings. The molecule has 0 unspecified atom stereocenters. The summed E-state index contributed by atoms with van der Waals surface area (Å²) in [5.74, 6) is -0.0785. The van der Waals surface area contributed by atoms with Gasteiger partial charge in [0.1, 0.15) is 24.1 Å². The Kier molecular flexibility index (Phi) is 10.2. The van der Waals surface area contributed by atoms with Gasteiger partial charge in [-0.05, 0) is 50.5 Å². The summed E-state index contributed by atoms with van der Waals surface area (Å²) < 4.78 is 37.3. The Balaban J connectivity index is 2.53. The van der Waals surface area contributed by atoms with Crippen LogP contribution in [0.15, 0.2) is 42.5 Å².